The van der Waals surface area contributed by atoms with E-state index < -0.39 is 0 Å². The Hall–Kier alpha value is -2.14. The van der Waals surface area contributed by atoms with Crippen LogP contribution in [0.2, 0.25) is 0 Å². The van der Waals surface area contributed by atoms with Gasteiger partial charge < -0.3 is 15.8 Å². The smallest absolute Gasteiger partial charge is 0.261 e. The van der Waals surface area contributed by atoms with Crippen LogP contribution in [0.1, 0.15) is 10.4 Å². The number of ether oxygens (including phenoxy) is 1. The second kappa shape index (κ2) is 6.34. The molecule has 20 heavy (non-hydrogen) atoms. The number of carbonyl (C=O) groups excluding carboxylic acids is 1. The van der Waals surface area contributed by atoms with Gasteiger partial charge in [-0.05, 0) is 36.6 Å². The van der Waals surface area contributed by atoms with Crippen molar-refractivity contribution in [3.8, 4) is 5.75 Å². The third-order valence-corrected chi connectivity index (χ3v) is 3.56. The molecule has 2 rings (SSSR count). The van der Waals surface area contributed by atoms with Crippen LogP contribution in [0, 0.1) is 0 Å². The number of thioether (sulfide) groups is 1. The molecular weight excluding hydrogens is 272 g/mol. The number of carbonyl (C=O) groups is 1. The van der Waals surface area contributed by atoms with Gasteiger partial charge in [0.05, 0.1) is 7.11 Å². The molecule has 104 valence electrons. The summed E-state index contributed by atoms with van der Waals surface area (Å²) in [5, 5.41) is 2.84. The summed E-state index contributed by atoms with van der Waals surface area (Å²) in [7, 11) is 1.51. The van der Waals surface area contributed by atoms with E-state index in [0.717, 1.165) is 10.6 Å². The Morgan fingerprint density at radius 3 is 2.70 bits per heavy atom. The molecule has 0 aliphatic rings. The van der Waals surface area contributed by atoms with E-state index >= 15 is 0 Å². The number of benzene rings is 2. The molecule has 2 aromatic rings. The lowest BCUT2D eigenvalue weighted by atomic mass is 10.1. The third kappa shape index (κ3) is 3.05. The van der Waals surface area contributed by atoms with Gasteiger partial charge in [-0.25, -0.2) is 0 Å². The summed E-state index contributed by atoms with van der Waals surface area (Å²) in [6.07, 6.45) is 1.99. The quantitative estimate of drug-likeness (QED) is 0.669. The van der Waals surface area contributed by atoms with Crippen LogP contribution in [0.5, 0.6) is 5.75 Å². The lowest BCUT2D eigenvalue weighted by Gasteiger charge is -2.12. The number of nitrogens with one attached hydrogen (secondary N) is 1. The fourth-order valence-corrected chi connectivity index (χ4v) is 2.32. The Morgan fingerprint density at radius 2 is 2.00 bits per heavy atom. The van der Waals surface area contributed by atoms with E-state index in [4.69, 9.17) is 10.5 Å². The molecule has 0 unspecified atom stereocenters. The van der Waals surface area contributed by atoms with Crippen LogP contribution in [0.25, 0.3) is 0 Å². The van der Waals surface area contributed by atoms with Crippen molar-refractivity contribution in [3.63, 3.8) is 0 Å². The monoisotopic (exact) mass is 288 g/mol. The molecule has 0 fully saturated rings. The van der Waals surface area contributed by atoms with E-state index in [2.05, 4.69) is 5.32 Å². The molecule has 5 heteroatoms. The number of anilines is 2. The first kappa shape index (κ1) is 14.3. The van der Waals surface area contributed by atoms with Crippen molar-refractivity contribution in [1.29, 1.82) is 0 Å². The summed E-state index contributed by atoms with van der Waals surface area (Å²) in [5.41, 5.74) is 7.33. The average molecular weight is 288 g/mol. The van der Waals surface area contributed by atoms with E-state index in [1.165, 1.54) is 7.11 Å². The van der Waals surface area contributed by atoms with Gasteiger partial charge in [0.25, 0.3) is 5.91 Å². The van der Waals surface area contributed by atoms with Gasteiger partial charge in [-0.1, -0.05) is 12.1 Å². The van der Waals surface area contributed by atoms with Gasteiger partial charge in [0.15, 0.2) is 0 Å². The Kier molecular flexibility index (Phi) is 4.53. The van der Waals surface area contributed by atoms with Crippen molar-refractivity contribution in [2.45, 2.75) is 4.90 Å². The Labute approximate surface area is 122 Å². The number of rotatable bonds is 4. The molecule has 1 amide bonds. The molecular formula is C15H16N2O2S. The maximum atomic E-state index is 12.3. The molecule has 2 aromatic carbocycles. The van der Waals surface area contributed by atoms with Gasteiger partial charge in [-0.2, -0.15) is 0 Å². The zero-order chi connectivity index (χ0) is 14.5. The molecule has 0 aliphatic heterocycles. The number of hydrogen-bond donors (Lipinski definition) is 2. The summed E-state index contributed by atoms with van der Waals surface area (Å²) in [6.45, 7) is 0. The first-order chi connectivity index (χ1) is 9.65. The molecule has 0 aliphatic carbocycles. The molecule has 0 spiro atoms. The lowest BCUT2D eigenvalue weighted by Crippen LogP contribution is -2.15. The number of nitrogen functional groups attached to an aromatic ring is 1. The van der Waals surface area contributed by atoms with E-state index in [0.29, 0.717) is 17.0 Å². The van der Waals surface area contributed by atoms with Crippen LogP contribution in [0.4, 0.5) is 11.4 Å². The first-order valence-corrected chi connectivity index (χ1v) is 7.26. The minimum absolute atomic E-state index is 0.279. The molecule has 0 radical (unpaired) electrons. The van der Waals surface area contributed by atoms with Crippen molar-refractivity contribution >= 4 is 29.0 Å². The normalized spacial score (nSPS) is 10.1. The van der Waals surface area contributed by atoms with Crippen molar-refractivity contribution in [2.75, 3.05) is 24.4 Å². The highest BCUT2D eigenvalue weighted by molar-refractivity contribution is 7.98. The van der Waals surface area contributed by atoms with E-state index in [-0.39, 0.29) is 5.91 Å². The number of hydrogen-bond acceptors (Lipinski definition) is 4. The van der Waals surface area contributed by atoms with Crippen molar-refractivity contribution in [3.05, 3.63) is 48.0 Å². The highest BCUT2D eigenvalue weighted by Crippen LogP contribution is 2.26. The second-order valence-electron chi connectivity index (χ2n) is 4.11. The second-order valence-corrected chi connectivity index (χ2v) is 4.99. The van der Waals surface area contributed by atoms with Crippen LogP contribution in [0.15, 0.2) is 47.4 Å². The summed E-state index contributed by atoms with van der Waals surface area (Å²) in [5.74, 6) is 0.182. The molecule has 3 N–H and O–H groups in total. The molecule has 4 nitrogen and oxygen atoms in total. The molecule has 0 heterocycles. The van der Waals surface area contributed by atoms with Gasteiger partial charge in [0.1, 0.15) is 11.3 Å². The highest BCUT2D eigenvalue weighted by atomic mass is 32.2. The zero-order valence-electron chi connectivity index (χ0n) is 11.3. The van der Waals surface area contributed by atoms with Gasteiger partial charge in [-0.15, -0.1) is 11.8 Å². The Balaban J connectivity index is 2.28. The number of amides is 1. The summed E-state index contributed by atoms with van der Waals surface area (Å²) >= 11 is 1.62. The number of nitrogens with two attached hydrogens (primary N) is 1. The van der Waals surface area contributed by atoms with Gasteiger partial charge in [-0.3, -0.25) is 4.79 Å². The molecule has 0 aromatic heterocycles. The predicted octanol–water partition coefficient (Wildman–Crippen LogP) is 3.25. The van der Waals surface area contributed by atoms with Crippen LogP contribution in [-0.4, -0.2) is 19.3 Å². The minimum atomic E-state index is -0.279. The van der Waals surface area contributed by atoms with Crippen LogP contribution in [-0.2, 0) is 0 Å². The maximum absolute atomic E-state index is 12.3. The highest BCUT2D eigenvalue weighted by Gasteiger charge is 2.15. The van der Waals surface area contributed by atoms with E-state index in [1.54, 1.807) is 30.0 Å². The van der Waals surface area contributed by atoms with Crippen LogP contribution < -0.4 is 15.8 Å². The summed E-state index contributed by atoms with van der Waals surface area (Å²) < 4.78 is 5.18. The van der Waals surface area contributed by atoms with E-state index in [1.807, 2.05) is 30.5 Å². The predicted molar refractivity (Wildman–Crippen MR) is 83.6 cm³/mol. The summed E-state index contributed by atoms with van der Waals surface area (Å²) in [4.78, 5) is 13.4. The van der Waals surface area contributed by atoms with Gasteiger partial charge in [0.2, 0.25) is 0 Å². The van der Waals surface area contributed by atoms with Crippen molar-refractivity contribution in [2.24, 2.45) is 0 Å². The van der Waals surface area contributed by atoms with Gasteiger partial charge >= 0.3 is 0 Å². The fourth-order valence-electron chi connectivity index (χ4n) is 1.86. The average Bonchev–Trinajstić information content (AvgIpc) is 2.46. The first-order valence-electron chi connectivity index (χ1n) is 6.03. The van der Waals surface area contributed by atoms with Gasteiger partial charge in [0, 0.05) is 16.3 Å². The number of methoxy groups -OCH3 is 1. The van der Waals surface area contributed by atoms with Crippen LogP contribution >= 0.6 is 11.8 Å². The Bertz CT molecular complexity index is 629. The minimum Gasteiger partial charge on any atom is -0.496 e. The van der Waals surface area contributed by atoms with Crippen molar-refractivity contribution < 1.29 is 9.53 Å². The third-order valence-electron chi connectivity index (χ3n) is 2.83. The standard InChI is InChI=1S/C15H16N2O2S/c1-19-13-8-4-7-12(16)14(13)15(18)17-10-5-3-6-11(9-10)20-2/h3-9H,16H2,1-2H3,(H,17,18). The molecule has 0 atom stereocenters. The molecule has 0 saturated heterocycles. The maximum Gasteiger partial charge on any atom is 0.261 e. The van der Waals surface area contributed by atoms with Crippen LogP contribution in [0.3, 0.4) is 0 Å². The topological polar surface area (TPSA) is 64.3 Å². The summed E-state index contributed by atoms with van der Waals surface area (Å²) in [6, 6.07) is 12.8. The largest absolute Gasteiger partial charge is 0.496 e. The molecule has 0 saturated carbocycles. The van der Waals surface area contributed by atoms with E-state index in [9.17, 15) is 4.79 Å². The van der Waals surface area contributed by atoms with Crippen molar-refractivity contribution in [1.82, 2.24) is 0 Å². The molecule has 0 bridgehead atoms. The zero-order valence-corrected chi connectivity index (χ0v) is 12.2. The lowest BCUT2D eigenvalue weighted by molar-refractivity contribution is 0.102. The Morgan fingerprint density at radius 1 is 1.25 bits per heavy atom. The fraction of sp³-hybridized carbons (Fsp3) is 0.133. The SMILES string of the molecule is COc1cccc(N)c1C(=O)Nc1cccc(SC)c1.